The Labute approximate surface area is 94.3 Å². The number of hydrogen-bond donors (Lipinski definition) is 2. The molecule has 0 spiro atoms. The lowest BCUT2D eigenvalue weighted by Crippen LogP contribution is -2.30. The largest absolute Gasteiger partial charge is 0.480 e. The van der Waals surface area contributed by atoms with E-state index in [1.54, 1.807) is 0 Å². The number of carbonyl (C=O) groups is 2. The van der Waals surface area contributed by atoms with E-state index in [2.05, 4.69) is 5.32 Å². The maximum Gasteiger partial charge on any atom is 0.322 e. The van der Waals surface area contributed by atoms with Crippen molar-refractivity contribution in [2.75, 3.05) is 6.54 Å². The van der Waals surface area contributed by atoms with Crippen molar-refractivity contribution < 1.29 is 14.7 Å². The highest BCUT2D eigenvalue weighted by molar-refractivity contribution is 5.82. The number of carboxylic acids is 1. The lowest BCUT2D eigenvalue weighted by atomic mass is 10.0. The average molecular weight is 221 g/mol. The summed E-state index contributed by atoms with van der Waals surface area (Å²) in [5.74, 6) is -1.31. The molecule has 86 valence electrons. The molecule has 1 aromatic rings. The zero-order valence-corrected chi connectivity index (χ0v) is 9.41. The van der Waals surface area contributed by atoms with Gasteiger partial charge in [0.25, 0.3) is 0 Å². The minimum atomic E-state index is -1.03. The van der Waals surface area contributed by atoms with Crippen LogP contribution in [0.4, 0.5) is 0 Å². The quantitative estimate of drug-likeness (QED) is 0.798. The van der Waals surface area contributed by atoms with E-state index < -0.39 is 5.97 Å². The molecule has 1 aromatic carbocycles. The minimum absolute atomic E-state index is 0.217. The Balaban J connectivity index is 2.56. The molecular weight excluding hydrogens is 206 g/mol. The maximum absolute atomic E-state index is 11.3. The maximum atomic E-state index is 11.3. The fourth-order valence-electron chi connectivity index (χ4n) is 1.34. The van der Waals surface area contributed by atoms with Crippen molar-refractivity contribution in [2.45, 2.75) is 20.3 Å². The molecule has 0 aliphatic heterocycles. The third-order valence-corrected chi connectivity index (χ3v) is 2.37. The van der Waals surface area contributed by atoms with Gasteiger partial charge in [-0.15, -0.1) is 0 Å². The Bertz CT molecular complexity index is 413. The van der Waals surface area contributed by atoms with E-state index in [0.29, 0.717) is 0 Å². The summed E-state index contributed by atoms with van der Waals surface area (Å²) in [6, 6.07) is 5.77. The van der Waals surface area contributed by atoms with E-state index in [-0.39, 0.29) is 18.9 Å². The molecule has 0 aliphatic carbocycles. The van der Waals surface area contributed by atoms with Crippen LogP contribution < -0.4 is 5.32 Å². The van der Waals surface area contributed by atoms with Crippen LogP contribution in [0.2, 0.25) is 0 Å². The molecule has 0 atom stereocenters. The molecule has 4 heteroatoms. The predicted molar refractivity (Wildman–Crippen MR) is 60.3 cm³/mol. The van der Waals surface area contributed by atoms with Gasteiger partial charge in [-0.3, -0.25) is 9.59 Å². The summed E-state index contributed by atoms with van der Waals surface area (Å²) < 4.78 is 0. The van der Waals surface area contributed by atoms with Crippen molar-refractivity contribution in [3.63, 3.8) is 0 Å². The topological polar surface area (TPSA) is 66.4 Å². The van der Waals surface area contributed by atoms with Gasteiger partial charge in [-0.2, -0.15) is 0 Å². The Morgan fingerprint density at radius 1 is 1.25 bits per heavy atom. The standard InChI is InChI=1S/C12H15NO3/c1-8-3-4-10(5-9(8)2)6-11(14)13-7-12(15)16/h3-5H,6-7H2,1-2H3,(H,13,14)(H,15,16). The van der Waals surface area contributed by atoms with Crippen molar-refractivity contribution in [3.05, 3.63) is 34.9 Å². The SMILES string of the molecule is Cc1ccc(CC(=O)NCC(=O)O)cc1C. The van der Waals surface area contributed by atoms with Crippen LogP contribution in [0.1, 0.15) is 16.7 Å². The molecule has 0 aromatic heterocycles. The number of rotatable bonds is 4. The third kappa shape index (κ3) is 3.73. The van der Waals surface area contributed by atoms with Crippen molar-refractivity contribution in [2.24, 2.45) is 0 Å². The Kier molecular flexibility index (Phi) is 4.05. The van der Waals surface area contributed by atoms with Gasteiger partial charge in [0, 0.05) is 0 Å². The Morgan fingerprint density at radius 3 is 2.50 bits per heavy atom. The van der Waals surface area contributed by atoms with Gasteiger partial charge in [0.05, 0.1) is 6.42 Å². The van der Waals surface area contributed by atoms with Crippen molar-refractivity contribution >= 4 is 11.9 Å². The summed E-state index contributed by atoms with van der Waals surface area (Å²) >= 11 is 0. The van der Waals surface area contributed by atoms with E-state index in [9.17, 15) is 9.59 Å². The molecule has 16 heavy (non-hydrogen) atoms. The highest BCUT2D eigenvalue weighted by atomic mass is 16.4. The summed E-state index contributed by atoms with van der Waals surface area (Å²) in [7, 11) is 0. The first-order chi connectivity index (χ1) is 7.49. The molecule has 2 N–H and O–H groups in total. The van der Waals surface area contributed by atoms with Crippen molar-refractivity contribution in [3.8, 4) is 0 Å². The second kappa shape index (κ2) is 5.30. The van der Waals surface area contributed by atoms with Gasteiger partial charge in [-0.25, -0.2) is 0 Å². The fourth-order valence-corrected chi connectivity index (χ4v) is 1.34. The van der Waals surface area contributed by atoms with Crippen LogP contribution in [-0.2, 0) is 16.0 Å². The normalized spacial score (nSPS) is 9.88. The van der Waals surface area contributed by atoms with Gasteiger partial charge >= 0.3 is 5.97 Å². The van der Waals surface area contributed by atoms with Gasteiger partial charge in [0.2, 0.25) is 5.91 Å². The Morgan fingerprint density at radius 2 is 1.94 bits per heavy atom. The van der Waals surface area contributed by atoms with Gasteiger partial charge < -0.3 is 10.4 Å². The van der Waals surface area contributed by atoms with Crippen molar-refractivity contribution in [1.82, 2.24) is 5.32 Å². The van der Waals surface area contributed by atoms with E-state index >= 15 is 0 Å². The van der Waals surface area contributed by atoms with Crippen LogP contribution in [0.25, 0.3) is 0 Å². The second-order valence-corrected chi connectivity index (χ2v) is 3.77. The molecule has 0 bridgehead atoms. The van der Waals surface area contributed by atoms with Gasteiger partial charge in [-0.1, -0.05) is 18.2 Å². The summed E-state index contributed by atoms with van der Waals surface area (Å²) in [6.07, 6.45) is 0.217. The number of aliphatic carboxylic acids is 1. The van der Waals surface area contributed by atoms with Crippen LogP contribution in [0.5, 0.6) is 0 Å². The molecule has 0 unspecified atom stereocenters. The number of carboxylic acid groups (broad SMARTS) is 1. The highest BCUT2D eigenvalue weighted by Crippen LogP contribution is 2.10. The number of carbonyl (C=O) groups excluding carboxylic acids is 1. The number of hydrogen-bond acceptors (Lipinski definition) is 2. The number of nitrogens with one attached hydrogen (secondary N) is 1. The Hall–Kier alpha value is -1.84. The zero-order chi connectivity index (χ0) is 12.1. The molecule has 1 amide bonds. The first-order valence-corrected chi connectivity index (χ1v) is 5.03. The molecule has 0 fully saturated rings. The average Bonchev–Trinajstić information content (AvgIpc) is 2.21. The first kappa shape index (κ1) is 12.2. The van der Waals surface area contributed by atoms with E-state index in [4.69, 9.17) is 5.11 Å². The highest BCUT2D eigenvalue weighted by Gasteiger charge is 2.05. The van der Waals surface area contributed by atoms with E-state index in [0.717, 1.165) is 11.1 Å². The third-order valence-electron chi connectivity index (χ3n) is 2.37. The lowest BCUT2D eigenvalue weighted by Gasteiger charge is -2.05. The van der Waals surface area contributed by atoms with E-state index in [1.807, 2.05) is 32.0 Å². The molecule has 1 rings (SSSR count). The smallest absolute Gasteiger partial charge is 0.322 e. The lowest BCUT2D eigenvalue weighted by molar-refractivity contribution is -0.137. The molecule has 0 aliphatic rings. The summed E-state index contributed by atoms with van der Waals surface area (Å²) in [6.45, 7) is 3.65. The van der Waals surface area contributed by atoms with Crippen LogP contribution in [0.15, 0.2) is 18.2 Å². The van der Waals surface area contributed by atoms with E-state index in [1.165, 1.54) is 5.56 Å². The monoisotopic (exact) mass is 221 g/mol. The molecule has 0 saturated carbocycles. The molecule has 4 nitrogen and oxygen atoms in total. The zero-order valence-electron chi connectivity index (χ0n) is 9.41. The van der Waals surface area contributed by atoms with Gasteiger partial charge in [-0.05, 0) is 30.5 Å². The molecular formula is C12H15NO3. The minimum Gasteiger partial charge on any atom is -0.480 e. The summed E-state index contributed by atoms with van der Waals surface area (Å²) in [4.78, 5) is 21.6. The number of aryl methyl sites for hydroxylation is 2. The molecule has 0 heterocycles. The molecule has 0 radical (unpaired) electrons. The summed E-state index contributed by atoms with van der Waals surface area (Å²) in [5, 5.41) is 10.7. The summed E-state index contributed by atoms with van der Waals surface area (Å²) in [5.41, 5.74) is 3.20. The van der Waals surface area contributed by atoms with Gasteiger partial charge in [0.1, 0.15) is 6.54 Å². The van der Waals surface area contributed by atoms with Crippen LogP contribution in [0, 0.1) is 13.8 Å². The fraction of sp³-hybridized carbons (Fsp3) is 0.333. The van der Waals surface area contributed by atoms with Crippen LogP contribution in [0.3, 0.4) is 0 Å². The first-order valence-electron chi connectivity index (χ1n) is 5.03. The predicted octanol–water partition coefficient (Wildman–Crippen LogP) is 1.05. The number of benzene rings is 1. The van der Waals surface area contributed by atoms with Gasteiger partial charge in [0.15, 0.2) is 0 Å². The van der Waals surface area contributed by atoms with Crippen LogP contribution >= 0.6 is 0 Å². The second-order valence-electron chi connectivity index (χ2n) is 3.77. The molecule has 0 saturated heterocycles. The van der Waals surface area contributed by atoms with Crippen LogP contribution in [-0.4, -0.2) is 23.5 Å². The number of amides is 1. The van der Waals surface area contributed by atoms with Crippen molar-refractivity contribution in [1.29, 1.82) is 0 Å².